The molecule has 0 aliphatic carbocycles. The van der Waals surface area contributed by atoms with Crippen molar-refractivity contribution >= 4 is 11.8 Å². The Balaban J connectivity index is 1.61. The van der Waals surface area contributed by atoms with Gasteiger partial charge in [-0.2, -0.15) is 0 Å². The van der Waals surface area contributed by atoms with Crippen LogP contribution >= 0.6 is 0 Å². The summed E-state index contributed by atoms with van der Waals surface area (Å²) in [5.74, 6) is 0.389. The van der Waals surface area contributed by atoms with Crippen molar-refractivity contribution in [1.29, 1.82) is 0 Å². The number of likely N-dealkylation sites (tertiary alicyclic amines) is 2. The Kier molecular flexibility index (Phi) is 7.02. The minimum atomic E-state index is 0.0277. The number of ether oxygens (including phenoxy) is 1. The summed E-state index contributed by atoms with van der Waals surface area (Å²) < 4.78 is 5.09. The topological polar surface area (TPSA) is 66.0 Å². The van der Waals surface area contributed by atoms with Crippen LogP contribution in [0.1, 0.15) is 31.2 Å². The first kappa shape index (κ1) is 20.7. The zero-order valence-electron chi connectivity index (χ0n) is 17.1. The quantitative estimate of drug-likeness (QED) is 0.706. The van der Waals surface area contributed by atoms with Crippen molar-refractivity contribution in [2.75, 3.05) is 53.5 Å². The van der Waals surface area contributed by atoms with Gasteiger partial charge in [0.2, 0.25) is 11.8 Å². The van der Waals surface area contributed by atoms with Gasteiger partial charge in [-0.3, -0.25) is 19.5 Å². The molecule has 1 aromatic rings. The molecule has 7 nitrogen and oxygen atoms in total. The van der Waals surface area contributed by atoms with E-state index in [-0.39, 0.29) is 17.2 Å². The monoisotopic (exact) mass is 388 g/mol. The summed E-state index contributed by atoms with van der Waals surface area (Å²) in [4.78, 5) is 35.3. The highest BCUT2D eigenvalue weighted by Crippen LogP contribution is 2.39. The number of aromatic nitrogens is 1. The molecule has 0 aromatic carbocycles. The van der Waals surface area contributed by atoms with E-state index in [1.165, 1.54) is 0 Å². The van der Waals surface area contributed by atoms with Crippen LogP contribution in [0.3, 0.4) is 0 Å². The van der Waals surface area contributed by atoms with Gasteiger partial charge in [0, 0.05) is 64.1 Å². The Morgan fingerprint density at radius 3 is 2.82 bits per heavy atom. The van der Waals surface area contributed by atoms with Crippen molar-refractivity contribution in [3.8, 4) is 0 Å². The van der Waals surface area contributed by atoms with E-state index in [1.807, 2.05) is 33.9 Å². The Morgan fingerprint density at radius 1 is 1.29 bits per heavy atom. The van der Waals surface area contributed by atoms with Gasteiger partial charge >= 0.3 is 0 Å². The maximum Gasteiger partial charge on any atom is 0.236 e. The zero-order chi connectivity index (χ0) is 20.0. The van der Waals surface area contributed by atoms with Gasteiger partial charge in [0.15, 0.2) is 0 Å². The molecule has 0 bridgehead atoms. The van der Waals surface area contributed by atoms with Gasteiger partial charge < -0.3 is 14.5 Å². The molecule has 28 heavy (non-hydrogen) atoms. The fourth-order valence-electron chi connectivity index (χ4n) is 4.37. The van der Waals surface area contributed by atoms with Crippen LogP contribution in [0.5, 0.6) is 0 Å². The number of methoxy groups -OCH3 is 1. The van der Waals surface area contributed by atoms with Crippen LogP contribution in [-0.2, 0) is 20.9 Å². The van der Waals surface area contributed by atoms with Crippen LogP contribution in [0.25, 0.3) is 0 Å². The van der Waals surface area contributed by atoms with Gasteiger partial charge in [0.25, 0.3) is 0 Å². The number of rotatable bonds is 7. The predicted octanol–water partition coefficient (Wildman–Crippen LogP) is 1.39. The van der Waals surface area contributed by atoms with Crippen molar-refractivity contribution in [1.82, 2.24) is 19.7 Å². The fraction of sp³-hybridized carbons (Fsp3) is 0.667. The molecular formula is C21H32N4O3. The molecule has 2 aliphatic heterocycles. The summed E-state index contributed by atoms with van der Waals surface area (Å²) in [5, 5.41) is 0. The van der Waals surface area contributed by atoms with E-state index in [0.29, 0.717) is 26.1 Å². The number of hydrogen-bond acceptors (Lipinski definition) is 5. The number of carbonyl (C=O) groups is 2. The van der Waals surface area contributed by atoms with Crippen molar-refractivity contribution in [3.63, 3.8) is 0 Å². The van der Waals surface area contributed by atoms with Crippen molar-refractivity contribution in [2.45, 2.75) is 32.2 Å². The Bertz CT molecular complexity index is 669. The normalized spacial score (nSPS) is 22.9. The summed E-state index contributed by atoms with van der Waals surface area (Å²) in [5.41, 5.74) is 1.13. The average molecular weight is 389 g/mol. The van der Waals surface area contributed by atoms with Gasteiger partial charge in [-0.05, 0) is 44.0 Å². The lowest BCUT2D eigenvalue weighted by atomic mass is 9.73. The van der Waals surface area contributed by atoms with Crippen molar-refractivity contribution in [3.05, 3.63) is 30.1 Å². The molecule has 0 N–H and O–H groups in total. The Hall–Kier alpha value is -1.99. The van der Waals surface area contributed by atoms with Crippen molar-refractivity contribution in [2.24, 2.45) is 5.41 Å². The number of nitrogens with zero attached hydrogens (tertiary/aromatic N) is 4. The molecule has 3 rings (SSSR count). The van der Waals surface area contributed by atoms with Crippen molar-refractivity contribution < 1.29 is 14.3 Å². The molecule has 2 amide bonds. The highest BCUT2D eigenvalue weighted by Gasteiger charge is 2.42. The highest BCUT2D eigenvalue weighted by molar-refractivity contribution is 5.79. The lowest BCUT2D eigenvalue weighted by Gasteiger charge is -2.48. The van der Waals surface area contributed by atoms with E-state index in [1.54, 1.807) is 19.5 Å². The standard InChI is InChI=1S/C21H32N4O3/c1-23(12-13-28-2)15-20(27)24-11-3-7-21(16-24)8-4-19(26)25(17-21)14-18-5-9-22-10-6-18/h5-6,9-10H,3-4,7-8,11-17H2,1-2H3/t21-/m1/s1. The van der Waals surface area contributed by atoms with E-state index in [9.17, 15) is 9.59 Å². The predicted molar refractivity (Wildman–Crippen MR) is 107 cm³/mol. The van der Waals surface area contributed by atoms with E-state index in [4.69, 9.17) is 4.74 Å². The smallest absolute Gasteiger partial charge is 0.236 e. The maximum absolute atomic E-state index is 12.8. The first-order chi connectivity index (χ1) is 13.5. The first-order valence-electron chi connectivity index (χ1n) is 10.1. The van der Waals surface area contributed by atoms with Crippen LogP contribution < -0.4 is 0 Å². The third-order valence-corrected chi connectivity index (χ3v) is 5.97. The van der Waals surface area contributed by atoms with Crippen LogP contribution in [0.4, 0.5) is 0 Å². The molecule has 2 saturated heterocycles. The largest absolute Gasteiger partial charge is 0.383 e. The second-order valence-electron chi connectivity index (χ2n) is 8.25. The lowest BCUT2D eigenvalue weighted by molar-refractivity contribution is -0.144. The van der Waals surface area contributed by atoms with Gasteiger partial charge in [0.1, 0.15) is 0 Å². The second-order valence-corrected chi connectivity index (χ2v) is 8.25. The summed E-state index contributed by atoms with van der Waals surface area (Å²) in [6, 6.07) is 3.92. The number of hydrogen-bond donors (Lipinski definition) is 0. The minimum Gasteiger partial charge on any atom is -0.383 e. The summed E-state index contributed by atoms with van der Waals surface area (Å²) in [7, 11) is 3.62. The van der Waals surface area contributed by atoms with Crippen LogP contribution in [0, 0.1) is 5.41 Å². The SMILES string of the molecule is COCCN(C)CC(=O)N1CCC[C@@]2(CCC(=O)N(Cc3ccncc3)C2)C1. The molecule has 154 valence electrons. The second kappa shape index (κ2) is 9.47. The average Bonchev–Trinajstić information content (AvgIpc) is 2.70. The van der Waals surface area contributed by atoms with Crippen LogP contribution in [-0.4, -0.2) is 85.0 Å². The Labute approximate surface area is 167 Å². The molecule has 2 fully saturated rings. The van der Waals surface area contributed by atoms with Gasteiger partial charge in [0.05, 0.1) is 13.2 Å². The molecule has 0 radical (unpaired) electrons. The summed E-state index contributed by atoms with van der Waals surface area (Å²) in [6.07, 6.45) is 7.06. The third kappa shape index (κ3) is 5.29. The maximum atomic E-state index is 12.8. The molecule has 3 heterocycles. The molecule has 7 heteroatoms. The first-order valence-corrected chi connectivity index (χ1v) is 10.1. The van der Waals surface area contributed by atoms with E-state index in [0.717, 1.165) is 51.0 Å². The van der Waals surface area contributed by atoms with E-state index in [2.05, 4.69) is 4.98 Å². The molecule has 1 atom stereocenters. The number of piperidine rings is 2. The zero-order valence-corrected chi connectivity index (χ0v) is 17.1. The van der Waals surface area contributed by atoms with Gasteiger partial charge in [-0.25, -0.2) is 0 Å². The minimum absolute atomic E-state index is 0.0277. The lowest BCUT2D eigenvalue weighted by Crippen LogP contribution is -2.55. The van der Waals surface area contributed by atoms with Gasteiger partial charge in [-0.1, -0.05) is 0 Å². The molecule has 1 aromatic heterocycles. The highest BCUT2D eigenvalue weighted by atomic mass is 16.5. The Morgan fingerprint density at radius 2 is 2.07 bits per heavy atom. The fourth-order valence-corrected chi connectivity index (χ4v) is 4.37. The molecule has 0 saturated carbocycles. The number of amides is 2. The summed E-state index contributed by atoms with van der Waals surface area (Å²) in [6.45, 7) is 4.71. The molecule has 2 aliphatic rings. The number of likely N-dealkylation sites (N-methyl/N-ethyl adjacent to an activating group) is 1. The van der Waals surface area contributed by atoms with Gasteiger partial charge in [-0.15, -0.1) is 0 Å². The van der Waals surface area contributed by atoms with E-state index < -0.39 is 0 Å². The molecular weight excluding hydrogens is 356 g/mol. The third-order valence-electron chi connectivity index (χ3n) is 5.97. The molecule has 0 unspecified atom stereocenters. The molecule has 1 spiro atoms. The number of pyridine rings is 1. The number of carbonyl (C=O) groups excluding carboxylic acids is 2. The van der Waals surface area contributed by atoms with Crippen LogP contribution in [0.2, 0.25) is 0 Å². The van der Waals surface area contributed by atoms with E-state index >= 15 is 0 Å². The summed E-state index contributed by atoms with van der Waals surface area (Å²) >= 11 is 0. The van der Waals surface area contributed by atoms with Crippen LogP contribution in [0.15, 0.2) is 24.5 Å².